The quantitative estimate of drug-likeness (QED) is 0.0897. The molecule has 0 radical (unpaired) electrons. The summed E-state index contributed by atoms with van der Waals surface area (Å²) in [6, 6.07) is -0.444. The van der Waals surface area contributed by atoms with Crippen LogP contribution < -0.4 is 10.6 Å². The van der Waals surface area contributed by atoms with Crippen LogP contribution in [0.4, 0.5) is 4.79 Å². The van der Waals surface area contributed by atoms with Crippen LogP contribution in [0.2, 0.25) is 0 Å². The highest BCUT2D eigenvalue weighted by Gasteiger charge is 2.52. The van der Waals surface area contributed by atoms with Gasteiger partial charge >= 0.3 is 30.0 Å². The standard InChI is InChI=1S/C32H54N2O12S/c1-9-10-11-12-13-14-15-16-17-24(33-30(39)46-32(6,7)8)18-41-31(47)34-29-28(44-23(5)38)27(43-22(4)37)26(42-21(3)36)25(45-29)19-40-20(2)35/h24-29H,9-19H2,1-8H3,(H,33,39)(H,34,47)/t24?,25-,26-,27+,28-,29-/m1/s1. The average Bonchev–Trinajstić information content (AvgIpc) is 2.93. The zero-order valence-corrected chi connectivity index (χ0v) is 29.9. The molecule has 1 saturated heterocycles. The van der Waals surface area contributed by atoms with E-state index in [1.54, 1.807) is 20.8 Å². The molecular formula is C32H54N2O12S. The Kier molecular flexibility index (Phi) is 19.2. The van der Waals surface area contributed by atoms with Crippen molar-refractivity contribution in [2.75, 3.05) is 13.2 Å². The lowest BCUT2D eigenvalue weighted by atomic mass is 9.97. The lowest BCUT2D eigenvalue weighted by molar-refractivity contribution is -0.255. The lowest BCUT2D eigenvalue weighted by Gasteiger charge is -2.44. The zero-order valence-electron chi connectivity index (χ0n) is 29.0. The monoisotopic (exact) mass is 690 g/mol. The fourth-order valence-electron chi connectivity index (χ4n) is 4.87. The van der Waals surface area contributed by atoms with E-state index in [9.17, 15) is 24.0 Å². The number of hydrogen-bond donors (Lipinski definition) is 2. The molecule has 0 aromatic carbocycles. The minimum absolute atomic E-state index is 0.0210. The number of amides is 1. The van der Waals surface area contributed by atoms with Crippen LogP contribution in [-0.4, -0.2) is 90.6 Å². The van der Waals surface area contributed by atoms with E-state index < -0.39 is 72.3 Å². The van der Waals surface area contributed by atoms with Gasteiger partial charge in [0, 0.05) is 27.7 Å². The van der Waals surface area contributed by atoms with Gasteiger partial charge in [0.2, 0.25) is 0 Å². The van der Waals surface area contributed by atoms with Gasteiger partial charge in [-0.05, 0) is 39.4 Å². The van der Waals surface area contributed by atoms with Gasteiger partial charge in [0.25, 0.3) is 5.17 Å². The number of carbonyl (C=O) groups excluding carboxylic acids is 5. The Morgan fingerprint density at radius 1 is 0.745 bits per heavy atom. The first-order valence-electron chi connectivity index (χ1n) is 16.3. The number of rotatable bonds is 18. The number of hydrogen-bond acceptors (Lipinski definition) is 13. The highest BCUT2D eigenvalue weighted by molar-refractivity contribution is 7.80. The molecule has 0 saturated carbocycles. The van der Waals surface area contributed by atoms with Crippen LogP contribution in [0.1, 0.15) is 113 Å². The minimum Gasteiger partial charge on any atom is -0.469 e. The molecule has 0 aromatic rings. The first-order valence-corrected chi connectivity index (χ1v) is 16.7. The minimum atomic E-state index is -1.36. The Bertz CT molecular complexity index is 1030. The predicted molar refractivity (Wildman–Crippen MR) is 174 cm³/mol. The highest BCUT2D eigenvalue weighted by Crippen LogP contribution is 2.28. The first kappa shape index (κ1) is 41.8. The topological polar surface area (TPSA) is 174 Å². The fourth-order valence-corrected chi connectivity index (χ4v) is 5.06. The molecule has 1 heterocycles. The number of thiocarbonyl (C=S) groups is 1. The Hall–Kier alpha value is -3.20. The van der Waals surface area contributed by atoms with Gasteiger partial charge in [0.05, 0.1) is 6.04 Å². The van der Waals surface area contributed by atoms with E-state index in [2.05, 4.69) is 17.6 Å². The van der Waals surface area contributed by atoms with Gasteiger partial charge in [0.1, 0.15) is 24.9 Å². The molecule has 270 valence electrons. The normalized spacial score (nSPS) is 21.4. The van der Waals surface area contributed by atoms with Crippen LogP contribution >= 0.6 is 12.2 Å². The first-order chi connectivity index (χ1) is 22.0. The molecule has 2 N–H and O–H groups in total. The molecular weight excluding hydrogens is 636 g/mol. The number of alkyl carbamates (subject to hydrolysis) is 1. The van der Waals surface area contributed by atoms with E-state index in [-0.39, 0.29) is 18.4 Å². The SMILES string of the molecule is CCCCCCCCCCC(COC(=S)N[C@@H]1O[C@H](COC(C)=O)[C@@H](OC(C)=O)[C@H](OC(C)=O)[C@H]1OC(C)=O)NC(=O)OC(C)(C)C. The maximum atomic E-state index is 12.6. The zero-order chi connectivity index (χ0) is 35.6. The van der Waals surface area contributed by atoms with E-state index in [4.69, 9.17) is 45.4 Å². The molecule has 1 fully saturated rings. The maximum absolute atomic E-state index is 12.6. The Labute approximate surface area is 283 Å². The van der Waals surface area contributed by atoms with E-state index in [0.717, 1.165) is 46.5 Å². The lowest BCUT2D eigenvalue weighted by Crippen LogP contribution is -2.66. The number of unbranched alkanes of at least 4 members (excludes halogenated alkanes) is 7. The van der Waals surface area contributed by atoms with Crippen molar-refractivity contribution in [2.45, 2.75) is 155 Å². The number of nitrogens with one attached hydrogen (secondary N) is 2. The van der Waals surface area contributed by atoms with Gasteiger partial charge in [-0.2, -0.15) is 0 Å². The summed E-state index contributed by atoms with van der Waals surface area (Å²) in [4.78, 5) is 60.3. The summed E-state index contributed by atoms with van der Waals surface area (Å²) in [5.41, 5.74) is -0.694. The van der Waals surface area contributed by atoms with Crippen LogP contribution in [0, 0.1) is 0 Å². The molecule has 6 atom stereocenters. The molecule has 47 heavy (non-hydrogen) atoms. The molecule has 0 aromatic heterocycles. The summed E-state index contributed by atoms with van der Waals surface area (Å²) in [5, 5.41) is 5.47. The van der Waals surface area contributed by atoms with Gasteiger partial charge in [-0.15, -0.1) is 0 Å². The van der Waals surface area contributed by atoms with Crippen LogP contribution in [0.3, 0.4) is 0 Å². The second-order valence-electron chi connectivity index (χ2n) is 12.5. The summed E-state index contributed by atoms with van der Waals surface area (Å²) in [6.07, 6.45) is 2.51. The van der Waals surface area contributed by atoms with Crippen molar-refractivity contribution in [3.63, 3.8) is 0 Å². The molecule has 0 bridgehead atoms. The third kappa shape index (κ3) is 18.7. The summed E-state index contributed by atoms with van der Waals surface area (Å²) in [7, 11) is 0. The van der Waals surface area contributed by atoms with E-state index in [0.29, 0.717) is 6.42 Å². The Morgan fingerprint density at radius 3 is 1.81 bits per heavy atom. The van der Waals surface area contributed by atoms with Gasteiger partial charge in [-0.25, -0.2) is 4.79 Å². The summed E-state index contributed by atoms with van der Waals surface area (Å²) in [6.45, 7) is 11.7. The van der Waals surface area contributed by atoms with Crippen molar-refractivity contribution in [3.05, 3.63) is 0 Å². The van der Waals surface area contributed by atoms with Crippen LogP contribution in [-0.2, 0) is 52.3 Å². The molecule has 1 aliphatic rings. The fraction of sp³-hybridized carbons (Fsp3) is 0.812. The van der Waals surface area contributed by atoms with Crippen molar-refractivity contribution in [3.8, 4) is 0 Å². The van der Waals surface area contributed by atoms with E-state index in [1.807, 2.05) is 0 Å². The molecule has 1 amide bonds. The molecule has 0 aliphatic carbocycles. The van der Waals surface area contributed by atoms with E-state index >= 15 is 0 Å². The molecule has 1 unspecified atom stereocenters. The molecule has 1 rings (SSSR count). The smallest absolute Gasteiger partial charge is 0.407 e. The Balaban J connectivity index is 3.07. The van der Waals surface area contributed by atoms with Gasteiger partial charge < -0.3 is 43.8 Å². The summed E-state index contributed by atoms with van der Waals surface area (Å²) < 4.78 is 38.6. The largest absolute Gasteiger partial charge is 0.469 e. The molecule has 0 spiro atoms. The number of esters is 4. The predicted octanol–water partition coefficient (Wildman–Crippen LogP) is 4.38. The van der Waals surface area contributed by atoms with Crippen LogP contribution in [0.25, 0.3) is 0 Å². The van der Waals surface area contributed by atoms with E-state index in [1.165, 1.54) is 32.6 Å². The average molecular weight is 691 g/mol. The summed E-state index contributed by atoms with van der Waals surface area (Å²) >= 11 is 5.42. The molecule has 1 aliphatic heterocycles. The number of ether oxygens (including phenoxy) is 7. The third-order valence-corrected chi connectivity index (χ3v) is 7.03. The van der Waals surface area contributed by atoms with Crippen LogP contribution in [0.5, 0.6) is 0 Å². The van der Waals surface area contributed by atoms with Crippen molar-refractivity contribution >= 4 is 47.4 Å². The summed E-state index contributed by atoms with van der Waals surface area (Å²) in [5.74, 6) is -2.88. The molecule has 14 nitrogen and oxygen atoms in total. The van der Waals surface area contributed by atoms with Crippen LogP contribution in [0.15, 0.2) is 0 Å². The second-order valence-corrected chi connectivity index (χ2v) is 12.8. The third-order valence-electron chi connectivity index (χ3n) is 6.79. The van der Waals surface area contributed by atoms with Crippen molar-refractivity contribution in [1.29, 1.82) is 0 Å². The van der Waals surface area contributed by atoms with Crippen molar-refractivity contribution < 1.29 is 57.1 Å². The van der Waals surface area contributed by atoms with Gasteiger partial charge in [-0.1, -0.05) is 58.3 Å². The Morgan fingerprint density at radius 2 is 1.28 bits per heavy atom. The highest BCUT2D eigenvalue weighted by atomic mass is 32.1. The molecule has 15 heteroatoms. The number of carbonyl (C=O) groups is 5. The van der Waals surface area contributed by atoms with Crippen molar-refractivity contribution in [2.24, 2.45) is 0 Å². The maximum Gasteiger partial charge on any atom is 0.407 e. The van der Waals surface area contributed by atoms with Crippen molar-refractivity contribution in [1.82, 2.24) is 10.6 Å². The van der Waals surface area contributed by atoms with Gasteiger partial charge in [-0.3, -0.25) is 19.2 Å². The van der Waals surface area contributed by atoms with Gasteiger partial charge in [0.15, 0.2) is 24.5 Å². The second kappa shape index (κ2) is 21.6.